The second kappa shape index (κ2) is 7.14. The molecule has 0 aliphatic heterocycles. The first-order valence-corrected chi connectivity index (χ1v) is 7.78. The Morgan fingerprint density at radius 1 is 1.25 bits per heavy atom. The van der Waals surface area contributed by atoms with E-state index in [1.807, 2.05) is 42.5 Å². The minimum absolute atomic E-state index is 0.186. The van der Waals surface area contributed by atoms with Gasteiger partial charge in [0.05, 0.1) is 6.54 Å². The molecular formula is C16H17N5O2S. The van der Waals surface area contributed by atoms with Crippen molar-refractivity contribution in [3.8, 4) is 5.75 Å². The number of amidine groups is 1. The molecule has 124 valence electrons. The van der Waals surface area contributed by atoms with Crippen molar-refractivity contribution in [3.05, 3.63) is 53.2 Å². The third-order valence-electron chi connectivity index (χ3n) is 3.49. The van der Waals surface area contributed by atoms with Crippen LogP contribution >= 0.6 is 12.2 Å². The molecule has 8 heteroatoms. The molecule has 0 spiro atoms. The van der Waals surface area contributed by atoms with Gasteiger partial charge in [-0.2, -0.15) is 5.10 Å². The SMILES string of the molecule is N/N=C(/N)CCn1nc(COc2cccc3ccccc23)oc1=S. The van der Waals surface area contributed by atoms with Crippen LogP contribution in [0.2, 0.25) is 0 Å². The number of ether oxygens (including phenoxy) is 1. The molecule has 1 aromatic heterocycles. The maximum absolute atomic E-state index is 5.84. The first kappa shape index (κ1) is 16.0. The molecule has 3 aromatic rings. The van der Waals surface area contributed by atoms with Crippen LogP contribution in [0.5, 0.6) is 5.75 Å². The maximum atomic E-state index is 5.84. The molecule has 0 saturated heterocycles. The molecule has 0 fully saturated rings. The van der Waals surface area contributed by atoms with Gasteiger partial charge in [0.2, 0.25) is 0 Å². The van der Waals surface area contributed by atoms with Crippen LogP contribution in [0, 0.1) is 4.84 Å². The van der Waals surface area contributed by atoms with E-state index in [1.54, 1.807) is 0 Å². The van der Waals surface area contributed by atoms with E-state index in [9.17, 15) is 0 Å². The second-order valence-electron chi connectivity index (χ2n) is 5.12. The Balaban J connectivity index is 1.72. The second-order valence-corrected chi connectivity index (χ2v) is 5.47. The zero-order chi connectivity index (χ0) is 16.9. The number of benzene rings is 2. The fraction of sp³-hybridized carbons (Fsp3) is 0.188. The van der Waals surface area contributed by atoms with Crippen molar-refractivity contribution in [2.75, 3.05) is 0 Å². The molecule has 0 atom stereocenters. The van der Waals surface area contributed by atoms with Gasteiger partial charge in [0.1, 0.15) is 11.6 Å². The molecule has 4 N–H and O–H groups in total. The predicted octanol–water partition coefficient (Wildman–Crippen LogP) is 2.56. The normalized spacial score (nSPS) is 11.8. The lowest BCUT2D eigenvalue weighted by atomic mass is 10.1. The quantitative estimate of drug-likeness (QED) is 0.234. The van der Waals surface area contributed by atoms with E-state index in [0.717, 1.165) is 16.5 Å². The van der Waals surface area contributed by atoms with E-state index in [-0.39, 0.29) is 11.4 Å². The number of hydrogen-bond acceptors (Lipinski definition) is 6. The Kier molecular flexibility index (Phi) is 4.76. The number of fused-ring (bicyclic) bond motifs is 1. The smallest absolute Gasteiger partial charge is 0.287 e. The van der Waals surface area contributed by atoms with Gasteiger partial charge in [0.25, 0.3) is 10.7 Å². The Bertz CT molecular complexity index is 926. The lowest BCUT2D eigenvalue weighted by Gasteiger charge is -2.07. The summed E-state index contributed by atoms with van der Waals surface area (Å²) in [5.74, 6) is 6.59. The highest BCUT2D eigenvalue weighted by Crippen LogP contribution is 2.25. The summed E-state index contributed by atoms with van der Waals surface area (Å²) < 4.78 is 12.8. The number of aromatic nitrogens is 2. The summed E-state index contributed by atoms with van der Waals surface area (Å²) in [5.41, 5.74) is 5.56. The minimum Gasteiger partial charge on any atom is -0.483 e. The number of nitrogens with zero attached hydrogens (tertiary/aromatic N) is 3. The van der Waals surface area contributed by atoms with Gasteiger partial charge in [0.15, 0.2) is 6.61 Å². The Morgan fingerprint density at radius 3 is 2.88 bits per heavy atom. The topological polar surface area (TPSA) is 105 Å². The molecule has 24 heavy (non-hydrogen) atoms. The lowest BCUT2D eigenvalue weighted by molar-refractivity contribution is 0.264. The van der Waals surface area contributed by atoms with Crippen molar-refractivity contribution in [2.24, 2.45) is 16.7 Å². The van der Waals surface area contributed by atoms with Gasteiger partial charge in [-0.25, -0.2) is 4.68 Å². The van der Waals surface area contributed by atoms with Gasteiger partial charge in [-0.05, 0) is 23.7 Å². The van der Waals surface area contributed by atoms with Crippen molar-refractivity contribution in [3.63, 3.8) is 0 Å². The Morgan fingerprint density at radius 2 is 2.04 bits per heavy atom. The van der Waals surface area contributed by atoms with E-state index < -0.39 is 0 Å². The van der Waals surface area contributed by atoms with Gasteiger partial charge in [-0.1, -0.05) is 36.4 Å². The molecule has 0 aliphatic rings. The summed E-state index contributed by atoms with van der Waals surface area (Å²) in [4.78, 5) is 0.261. The first-order valence-electron chi connectivity index (χ1n) is 7.37. The van der Waals surface area contributed by atoms with Crippen LogP contribution in [0.4, 0.5) is 0 Å². The minimum atomic E-state index is 0.186. The van der Waals surface area contributed by atoms with Gasteiger partial charge in [-0.3, -0.25) is 0 Å². The van der Waals surface area contributed by atoms with Crippen LogP contribution < -0.4 is 16.3 Å². The highest BCUT2D eigenvalue weighted by Gasteiger charge is 2.08. The average molecular weight is 343 g/mol. The van der Waals surface area contributed by atoms with Crippen LogP contribution in [-0.2, 0) is 13.2 Å². The number of rotatable bonds is 6. The van der Waals surface area contributed by atoms with Gasteiger partial charge in [-0.15, -0.1) is 5.10 Å². The fourth-order valence-corrected chi connectivity index (χ4v) is 2.52. The van der Waals surface area contributed by atoms with Crippen LogP contribution in [0.15, 0.2) is 52.0 Å². The van der Waals surface area contributed by atoms with Crippen molar-refractivity contribution < 1.29 is 9.15 Å². The average Bonchev–Trinajstić information content (AvgIpc) is 2.97. The van der Waals surface area contributed by atoms with Crippen LogP contribution in [0.25, 0.3) is 10.8 Å². The molecule has 3 rings (SSSR count). The number of nitrogens with two attached hydrogens (primary N) is 2. The summed E-state index contributed by atoms with van der Waals surface area (Å²) in [6.45, 7) is 0.633. The molecular weight excluding hydrogens is 326 g/mol. The van der Waals surface area contributed by atoms with Crippen molar-refractivity contribution in [2.45, 2.75) is 19.6 Å². The number of hydrogen-bond donors (Lipinski definition) is 2. The molecule has 0 bridgehead atoms. The number of aryl methyl sites for hydroxylation is 1. The summed E-state index contributed by atoms with van der Waals surface area (Å²) in [6, 6.07) is 13.9. The van der Waals surface area contributed by atoms with Crippen LogP contribution in [0.3, 0.4) is 0 Å². The molecule has 2 aromatic carbocycles. The summed E-state index contributed by atoms with van der Waals surface area (Å²) in [7, 11) is 0. The lowest BCUT2D eigenvalue weighted by Crippen LogP contribution is -2.17. The molecule has 7 nitrogen and oxygen atoms in total. The van der Waals surface area contributed by atoms with E-state index in [4.69, 9.17) is 32.9 Å². The van der Waals surface area contributed by atoms with E-state index in [0.29, 0.717) is 24.7 Å². The molecule has 0 radical (unpaired) electrons. The molecule has 0 unspecified atom stereocenters. The van der Waals surface area contributed by atoms with E-state index in [2.05, 4.69) is 10.2 Å². The monoisotopic (exact) mass is 343 g/mol. The van der Waals surface area contributed by atoms with Gasteiger partial charge in [0, 0.05) is 11.8 Å². The summed E-state index contributed by atoms with van der Waals surface area (Å²) in [6.07, 6.45) is 0.445. The van der Waals surface area contributed by atoms with Crippen molar-refractivity contribution in [1.82, 2.24) is 9.78 Å². The standard InChI is InChI=1S/C16H17N5O2S/c17-14(19-18)8-9-21-16(24)23-15(20-21)10-22-13-7-3-5-11-4-1-2-6-12(11)13/h1-7H,8-10,18H2,(H2,17,19). The van der Waals surface area contributed by atoms with E-state index >= 15 is 0 Å². The van der Waals surface area contributed by atoms with Gasteiger partial charge < -0.3 is 20.7 Å². The molecule has 0 saturated carbocycles. The molecule has 0 aliphatic carbocycles. The largest absolute Gasteiger partial charge is 0.483 e. The van der Waals surface area contributed by atoms with Crippen molar-refractivity contribution in [1.29, 1.82) is 0 Å². The van der Waals surface area contributed by atoms with Crippen molar-refractivity contribution >= 4 is 28.8 Å². The Hall–Kier alpha value is -2.87. The highest BCUT2D eigenvalue weighted by atomic mass is 32.1. The zero-order valence-corrected chi connectivity index (χ0v) is 13.7. The maximum Gasteiger partial charge on any atom is 0.287 e. The van der Waals surface area contributed by atoms with E-state index in [1.165, 1.54) is 4.68 Å². The Labute approximate surface area is 143 Å². The van der Waals surface area contributed by atoms with Crippen LogP contribution in [-0.4, -0.2) is 15.6 Å². The predicted molar refractivity (Wildman–Crippen MR) is 94.0 cm³/mol. The third kappa shape index (κ3) is 3.54. The highest BCUT2D eigenvalue weighted by molar-refractivity contribution is 7.71. The molecule has 0 amide bonds. The first-order chi connectivity index (χ1) is 11.7. The number of hydrazone groups is 1. The zero-order valence-electron chi connectivity index (χ0n) is 12.9. The third-order valence-corrected chi connectivity index (χ3v) is 3.79. The summed E-state index contributed by atoms with van der Waals surface area (Å²) in [5, 5.41) is 9.83. The fourth-order valence-electron chi connectivity index (χ4n) is 2.30. The summed E-state index contributed by atoms with van der Waals surface area (Å²) >= 11 is 5.14. The molecule has 1 heterocycles. The van der Waals surface area contributed by atoms with Gasteiger partial charge >= 0.3 is 0 Å². The van der Waals surface area contributed by atoms with Crippen LogP contribution in [0.1, 0.15) is 12.3 Å².